The molecule has 1 heterocycles. The van der Waals surface area contributed by atoms with E-state index in [0.29, 0.717) is 12.8 Å². The summed E-state index contributed by atoms with van der Waals surface area (Å²) in [5.74, 6) is -0.227. The van der Waals surface area contributed by atoms with Crippen LogP contribution in [0.1, 0.15) is 245 Å². The van der Waals surface area contributed by atoms with Crippen molar-refractivity contribution in [2.45, 2.75) is 288 Å². The zero-order chi connectivity index (χ0) is 44.8. The van der Waals surface area contributed by atoms with Gasteiger partial charge in [0.05, 0.1) is 25.4 Å². The predicted molar refractivity (Wildman–Crippen MR) is 246 cm³/mol. The van der Waals surface area contributed by atoms with Gasteiger partial charge in [-0.2, -0.15) is 8.42 Å². The lowest BCUT2D eigenvalue weighted by molar-refractivity contribution is -0.298. The van der Waals surface area contributed by atoms with E-state index in [0.717, 1.165) is 51.4 Å². The summed E-state index contributed by atoms with van der Waals surface area (Å²) in [5.41, 5.74) is 0. The number of rotatable bonds is 44. The van der Waals surface area contributed by atoms with Crippen molar-refractivity contribution in [3.05, 3.63) is 0 Å². The largest absolute Gasteiger partial charge is 0.397 e. The quantitative estimate of drug-likeness (QED) is 0.0252. The molecule has 0 aromatic carbocycles. The molecule has 364 valence electrons. The number of ether oxygens (including phenoxy) is 2. The van der Waals surface area contributed by atoms with Crippen molar-refractivity contribution >= 4 is 16.3 Å². The number of amides is 1. The number of aliphatic hydroxyl groups is 4. The van der Waals surface area contributed by atoms with Crippen molar-refractivity contribution in [1.82, 2.24) is 5.32 Å². The van der Waals surface area contributed by atoms with Gasteiger partial charge in [-0.15, -0.1) is 0 Å². The Bertz CT molecular complexity index is 1100. The van der Waals surface area contributed by atoms with Crippen LogP contribution >= 0.6 is 0 Å². The van der Waals surface area contributed by atoms with Gasteiger partial charge in [0.15, 0.2) is 6.29 Å². The predicted octanol–water partition coefficient (Wildman–Crippen LogP) is 10.6. The molecule has 0 aromatic rings. The Morgan fingerprint density at radius 1 is 0.590 bits per heavy atom. The van der Waals surface area contributed by atoms with E-state index in [2.05, 4.69) is 23.3 Å². The molecule has 1 rings (SSSR count). The van der Waals surface area contributed by atoms with Gasteiger partial charge < -0.3 is 35.2 Å². The summed E-state index contributed by atoms with van der Waals surface area (Å²) >= 11 is 0. The van der Waals surface area contributed by atoms with Crippen LogP contribution < -0.4 is 5.32 Å². The van der Waals surface area contributed by atoms with E-state index in [9.17, 15) is 38.2 Å². The van der Waals surface area contributed by atoms with Crippen molar-refractivity contribution in [2.24, 2.45) is 0 Å². The second-order valence-electron chi connectivity index (χ2n) is 18.1. The fourth-order valence-electron chi connectivity index (χ4n) is 8.46. The molecule has 1 aliphatic rings. The van der Waals surface area contributed by atoms with Crippen molar-refractivity contribution in [3.63, 3.8) is 0 Å². The summed E-state index contributed by atoms with van der Waals surface area (Å²) in [5, 5.41) is 44.9. The van der Waals surface area contributed by atoms with Crippen molar-refractivity contribution in [2.75, 3.05) is 13.2 Å². The standard InChI is InChI=1S/C48H95NO11S/c1-3-5-7-9-11-13-15-17-18-19-20-21-22-23-24-25-26-27-29-31-33-35-37-42(51)41(49-44(52)38-36-34-32-30-28-16-14-12-10-8-6-4-2)40-58-48-46(54)47(60-61(55,56)57)45(53)43(39-50)59-48/h41-43,45-48,50-51,53-54H,3-40H2,1-2H3,(H,49,52)(H,55,56,57). The average Bonchev–Trinajstić information content (AvgIpc) is 3.23. The average molecular weight is 894 g/mol. The molecule has 7 atom stereocenters. The number of carbonyl (C=O) groups excluding carboxylic acids is 1. The fraction of sp³-hybridized carbons (Fsp3) is 0.979. The summed E-state index contributed by atoms with van der Waals surface area (Å²) in [4.78, 5) is 13.0. The molecule has 13 heteroatoms. The lowest BCUT2D eigenvalue weighted by atomic mass is 9.99. The Morgan fingerprint density at radius 2 is 0.951 bits per heavy atom. The van der Waals surface area contributed by atoms with Crippen LogP contribution in [0.15, 0.2) is 0 Å². The van der Waals surface area contributed by atoms with Gasteiger partial charge in [0.25, 0.3) is 0 Å². The van der Waals surface area contributed by atoms with Gasteiger partial charge in [-0.05, 0) is 12.8 Å². The van der Waals surface area contributed by atoms with E-state index in [4.69, 9.17) is 9.47 Å². The van der Waals surface area contributed by atoms with Crippen LogP contribution in [0.2, 0.25) is 0 Å². The Labute approximate surface area is 373 Å². The van der Waals surface area contributed by atoms with Gasteiger partial charge in [-0.25, -0.2) is 4.18 Å². The van der Waals surface area contributed by atoms with E-state index in [1.54, 1.807) is 0 Å². The third-order valence-electron chi connectivity index (χ3n) is 12.4. The maximum atomic E-state index is 13.0. The van der Waals surface area contributed by atoms with E-state index >= 15 is 0 Å². The van der Waals surface area contributed by atoms with Crippen LogP contribution in [0.4, 0.5) is 0 Å². The van der Waals surface area contributed by atoms with Gasteiger partial charge in [0.2, 0.25) is 5.91 Å². The van der Waals surface area contributed by atoms with Gasteiger partial charge in [-0.3, -0.25) is 9.35 Å². The van der Waals surface area contributed by atoms with Crippen LogP contribution in [0.5, 0.6) is 0 Å². The van der Waals surface area contributed by atoms with Gasteiger partial charge in [0, 0.05) is 6.42 Å². The number of hydrogen-bond donors (Lipinski definition) is 6. The van der Waals surface area contributed by atoms with Crippen LogP contribution in [-0.4, -0.2) is 95.4 Å². The Kier molecular flexibility index (Phi) is 37.6. The first-order chi connectivity index (χ1) is 29.5. The fourth-order valence-corrected chi connectivity index (χ4v) is 8.97. The number of unbranched alkanes of at least 4 members (excludes halogenated alkanes) is 32. The number of nitrogens with one attached hydrogen (secondary N) is 1. The summed E-state index contributed by atoms with van der Waals surface area (Å²) in [6.45, 7) is 3.47. The third kappa shape index (κ3) is 32.4. The number of hydrogen-bond acceptors (Lipinski definition) is 10. The SMILES string of the molecule is CCCCCCCCCCCCCCCCCCCCCCCCC(O)C(COC1OC(CO)C(O)C(OS(=O)(=O)O)C1O)NC(=O)CCCCCCCCCCCCCC. The van der Waals surface area contributed by atoms with E-state index < -0.39 is 59.9 Å². The maximum absolute atomic E-state index is 13.0. The van der Waals surface area contributed by atoms with E-state index in [-0.39, 0.29) is 12.5 Å². The molecule has 0 aromatic heterocycles. The minimum atomic E-state index is -5.07. The molecule has 1 fully saturated rings. The number of carbonyl (C=O) groups is 1. The lowest BCUT2D eigenvalue weighted by Gasteiger charge is -2.41. The molecule has 12 nitrogen and oxygen atoms in total. The molecular weight excluding hydrogens is 799 g/mol. The first kappa shape index (κ1) is 58.1. The lowest BCUT2D eigenvalue weighted by Crippen LogP contribution is -2.61. The molecule has 0 spiro atoms. The molecule has 6 N–H and O–H groups in total. The van der Waals surface area contributed by atoms with Crippen LogP contribution in [0, 0.1) is 0 Å². The maximum Gasteiger partial charge on any atom is 0.397 e. The topological polar surface area (TPSA) is 192 Å². The molecular formula is C48H95NO11S. The van der Waals surface area contributed by atoms with E-state index in [1.165, 1.54) is 167 Å². The van der Waals surface area contributed by atoms with Crippen LogP contribution in [0.3, 0.4) is 0 Å². The molecule has 7 unspecified atom stereocenters. The van der Waals surface area contributed by atoms with Crippen molar-refractivity contribution in [1.29, 1.82) is 0 Å². The highest BCUT2D eigenvalue weighted by molar-refractivity contribution is 7.80. The molecule has 0 aliphatic carbocycles. The third-order valence-corrected chi connectivity index (χ3v) is 12.9. The summed E-state index contributed by atoms with van der Waals surface area (Å²) < 4.78 is 47.7. The molecule has 1 saturated heterocycles. The van der Waals surface area contributed by atoms with Gasteiger partial charge >= 0.3 is 10.4 Å². The molecule has 1 amide bonds. The first-order valence-electron chi connectivity index (χ1n) is 25.4. The van der Waals surface area contributed by atoms with Crippen LogP contribution in [0.25, 0.3) is 0 Å². The highest BCUT2D eigenvalue weighted by atomic mass is 32.3. The zero-order valence-corrected chi connectivity index (χ0v) is 39.8. The highest BCUT2D eigenvalue weighted by Gasteiger charge is 2.48. The summed E-state index contributed by atoms with van der Waals surface area (Å²) in [7, 11) is -5.07. The first-order valence-corrected chi connectivity index (χ1v) is 26.8. The van der Waals surface area contributed by atoms with Gasteiger partial charge in [-0.1, -0.05) is 226 Å². The second-order valence-corrected chi connectivity index (χ2v) is 19.2. The minimum absolute atomic E-state index is 0.227. The van der Waals surface area contributed by atoms with Gasteiger partial charge in [0.1, 0.15) is 24.4 Å². The van der Waals surface area contributed by atoms with Crippen molar-refractivity contribution < 1.29 is 51.8 Å². The normalized spacial score (nSPS) is 20.5. The molecule has 0 saturated carbocycles. The summed E-state index contributed by atoms with van der Waals surface area (Å²) in [6.07, 6.45) is 33.9. The Balaban J connectivity index is 2.39. The molecule has 61 heavy (non-hydrogen) atoms. The molecule has 0 radical (unpaired) electrons. The minimum Gasteiger partial charge on any atom is -0.394 e. The highest BCUT2D eigenvalue weighted by Crippen LogP contribution is 2.26. The summed E-state index contributed by atoms with van der Waals surface area (Å²) in [6, 6.07) is -0.851. The second kappa shape index (κ2) is 39.5. The molecule has 0 bridgehead atoms. The Morgan fingerprint density at radius 3 is 1.31 bits per heavy atom. The van der Waals surface area contributed by atoms with E-state index in [1.807, 2.05) is 0 Å². The monoisotopic (exact) mass is 894 g/mol. The smallest absolute Gasteiger partial charge is 0.394 e. The van der Waals surface area contributed by atoms with Crippen molar-refractivity contribution in [3.8, 4) is 0 Å². The molecule has 1 aliphatic heterocycles. The number of aliphatic hydroxyl groups excluding tert-OH is 4. The van der Waals surface area contributed by atoms with Crippen LogP contribution in [-0.2, 0) is 28.9 Å². The zero-order valence-electron chi connectivity index (χ0n) is 39.0. The Hall–Kier alpha value is -0.900.